The maximum absolute atomic E-state index is 12.0. The number of rotatable bonds is 9. The van der Waals surface area contributed by atoms with E-state index in [2.05, 4.69) is 74.6 Å². The normalized spacial score (nSPS) is 18.5. The van der Waals surface area contributed by atoms with Gasteiger partial charge < -0.3 is 15.5 Å². The number of hydrogen-bond donors (Lipinski definition) is 2. The Labute approximate surface area is 204 Å². The van der Waals surface area contributed by atoms with E-state index in [0.29, 0.717) is 18.6 Å². The summed E-state index contributed by atoms with van der Waals surface area (Å²) in [6.07, 6.45) is 3.34. The number of piperazine rings is 1. The van der Waals surface area contributed by atoms with Crippen LogP contribution >= 0.6 is 24.0 Å². The lowest BCUT2D eigenvalue weighted by molar-refractivity contribution is -0.122. The topological polar surface area (TPSA) is 63.2 Å². The Hall–Kier alpha value is -1.39. The third-order valence-corrected chi connectivity index (χ3v) is 6.07. The van der Waals surface area contributed by atoms with Gasteiger partial charge >= 0.3 is 0 Å². The molecule has 7 nitrogen and oxygen atoms in total. The summed E-state index contributed by atoms with van der Waals surface area (Å²) in [6, 6.07) is 11.5. The fraction of sp³-hybridized carbons (Fsp3) is 0.652. The maximum Gasteiger partial charge on any atom is 0.234 e. The van der Waals surface area contributed by atoms with Crippen LogP contribution in [-0.4, -0.2) is 92.0 Å². The molecule has 0 aromatic heterocycles. The average molecular weight is 543 g/mol. The number of aliphatic imine (C=N–C) groups is 1. The first kappa shape index (κ1) is 25.9. The van der Waals surface area contributed by atoms with Crippen LogP contribution < -0.4 is 10.6 Å². The summed E-state index contributed by atoms with van der Waals surface area (Å²) in [5, 5.41) is 6.60. The summed E-state index contributed by atoms with van der Waals surface area (Å²) in [6.45, 7) is 8.26. The van der Waals surface area contributed by atoms with E-state index in [-0.39, 0.29) is 29.9 Å². The van der Waals surface area contributed by atoms with Crippen molar-refractivity contribution in [3.05, 3.63) is 35.9 Å². The first-order chi connectivity index (χ1) is 14.5. The Morgan fingerprint density at radius 1 is 1.19 bits per heavy atom. The number of carbonyl (C=O) groups excluding carboxylic acids is 1. The molecule has 2 aliphatic rings. The molecule has 31 heavy (non-hydrogen) atoms. The van der Waals surface area contributed by atoms with Crippen LogP contribution in [0.1, 0.15) is 31.7 Å². The van der Waals surface area contributed by atoms with Crippen LogP contribution in [0.15, 0.2) is 35.3 Å². The summed E-state index contributed by atoms with van der Waals surface area (Å²) >= 11 is 0. The standard InChI is InChI=1S/C23H38N6O.HI/c1-19(27(3)17-20-7-5-4-6-8-20)11-12-25-23(24-2)29-15-13-28(14-16-29)18-22(30)26-21-9-10-21;/h4-8,19,21H,9-18H2,1-3H3,(H,24,25)(H,26,30);1H. The van der Waals surface area contributed by atoms with Gasteiger partial charge in [-0.1, -0.05) is 30.3 Å². The largest absolute Gasteiger partial charge is 0.356 e. The Kier molecular flexibility index (Phi) is 11.0. The third kappa shape index (κ3) is 8.94. The number of nitrogens with one attached hydrogen (secondary N) is 2. The smallest absolute Gasteiger partial charge is 0.234 e. The minimum atomic E-state index is 0. The highest BCUT2D eigenvalue weighted by Crippen LogP contribution is 2.18. The number of guanidine groups is 1. The summed E-state index contributed by atoms with van der Waals surface area (Å²) in [4.78, 5) is 23.4. The highest BCUT2D eigenvalue weighted by atomic mass is 127. The van der Waals surface area contributed by atoms with Crippen molar-refractivity contribution in [3.8, 4) is 0 Å². The number of nitrogens with zero attached hydrogens (tertiary/aromatic N) is 4. The van der Waals surface area contributed by atoms with Crippen LogP contribution in [-0.2, 0) is 11.3 Å². The van der Waals surface area contributed by atoms with Gasteiger partial charge in [0.05, 0.1) is 6.54 Å². The van der Waals surface area contributed by atoms with Crippen molar-refractivity contribution in [2.24, 2.45) is 4.99 Å². The predicted molar refractivity (Wildman–Crippen MR) is 138 cm³/mol. The quantitative estimate of drug-likeness (QED) is 0.284. The maximum atomic E-state index is 12.0. The summed E-state index contributed by atoms with van der Waals surface area (Å²) in [5.41, 5.74) is 1.35. The van der Waals surface area contributed by atoms with Crippen molar-refractivity contribution in [3.63, 3.8) is 0 Å². The van der Waals surface area contributed by atoms with Crippen LogP contribution in [0.4, 0.5) is 0 Å². The first-order valence-corrected chi connectivity index (χ1v) is 11.3. The molecule has 1 aromatic carbocycles. The van der Waals surface area contributed by atoms with Crippen molar-refractivity contribution in [1.82, 2.24) is 25.3 Å². The number of halogens is 1. The fourth-order valence-electron chi connectivity index (χ4n) is 3.79. The van der Waals surface area contributed by atoms with Gasteiger partial charge in [-0.25, -0.2) is 0 Å². The minimum Gasteiger partial charge on any atom is -0.356 e. The van der Waals surface area contributed by atoms with E-state index in [1.807, 2.05) is 7.05 Å². The molecule has 2 fully saturated rings. The van der Waals surface area contributed by atoms with Gasteiger partial charge in [0.15, 0.2) is 5.96 Å². The second kappa shape index (κ2) is 13.2. The highest BCUT2D eigenvalue weighted by molar-refractivity contribution is 14.0. The molecule has 0 bridgehead atoms. The lowest BCUT2D eigenvalue weighted by atomic mass is 10.1. The monoisotopic (exact) mass is 542 g/mol. The lowest BCUT2D eigenvalue weighted by Crippen LogP contribution is -2.54. The van der Waals surface area contributed by atoms with Crippen LogP contribution in [0.25, 0.3) is 0 Å². The molecule has 1 aliphatic carbocycles. The molecule has 3 rings (SSSR count). The molecule has 174 valence electrons. The molecule has 1 aliphatic heterocycles. The number of hydrogen-bond acceptors (Lipinski definition) is 4. The molecule has 1 saturated carbocycles. The predicted octanol–water partition coefficient (Wildman–Crippen LogP) is 1.99. The van der Waals surface area contributed by atoms with Crippen molar-refractivity contribution in [1.29, 1.82) is 0 Å². The van der Waals surface area contributed by atoms with Crippen LogP contribution in [0.2, 0.25) is 0 Å². The summed E-state index contributed by atoms with van der Waals surface area (Å²) in [5.74, 6) is 1.14. The molecule has 1 heterocycles. The van der Waals surface area contributed by atoms with Gasteiger partial charge in [-0.05, 0) is 38.8 Å². The van der Waals surface area contributed by atoms with E-state index in [1.54, 1.807) is 0 Å². The van der Waals surface area contributed by atoms with Crippen molar-refractivity contribution in [2.75, 3.05) is 53.4 Å². The number of amides is 1. The highest BCUT2D eigenvalue weighted by Gasteiger charge is 2.26. The zero-order valence-electron chi connectivity index (χ0n) is 19.2. The zero-order chi connectivity index (χ0) is 21.3. The van der Waals surface area contributed by atoms with Gasteiger partial charge in [-0.2, -0.15) is 0 Å². The van der Waals surface area contributed by atoms with Crippen LogP contribution in [0.5, 0.6) is 0 Å². The second-order valence-electron chi connectivity index (χ2n) is 8.62. The number of carbonyl (C=O) groups is 1. The SMILES string of the molecule is CN=C(NCCC(C)N(C)Cc1ccccc1)N1CCN(CC(=O)NC2CC2)CC1.I. The number of benzene rings is 1. The average Bonchev–Trinajstić information content (AvgIpc) is 3.56. The molecule has 8 heteroatoms. The van der Waals surface area contributed by atoms with E-state index >= 15 is 0 Å². The Bertz CT molecular complexity index is 689. The van der Waals surface area contributed by atoms with E-state index < -0.39 is 0 Å². The van der Waals surface area contributed by atoms with Gasteiger partial charge in [0, 0.05) is 58.4 Å². The van der Waals surface area contributed by atoms with Gasteiger partial charge in [0.2, 0.25) is 5.91 Å². The molecule has 0 radical (unpaired) electrons. The van der Waals surface area contributed by atoms with Crippen molar-refractivity contribution >= 4 is 35.8 Å². The minimum absolute atomic E-state index is 0. The fourth-order valence-corrected chi connectivity index (χ4v) is 3.79. The first-order valence-electron chi connectivity index (χ1n) is 11.3. The molecule has 0 spiro atoms. The van der Waals surface area contributed by atoms with Gasteiger partial charge in [-0.3, -0.25) is 19.6 Å². The van der Waals surface area contributed by atoms with E-state index in [9.17, 15) is 4.79 Å². The molecule has 1 unspecified atom stereocenters. The molecular formula is C23H39IN6O. The Morgan fingerprint density at radius 2 is 1.87 bits per heavy atom. The molecule has 1 atom stereocenters. The molecule has 1 amide bonds. The van der Waals surface area contributed by atoms with Crippen molar-refractivity contribution < 1.29 is 4.79 Å². The Balaban J connectivity index is 0.00000341. The Morgan fingerprint density at radius 3 is 2.48 bits per heavy atom. The third-order valence-electron chi connectivity index (χ3n) is 6.07. The van der Waals surface area contributed by atoms with E-state index in [4.69, 9.17) is 0 Å². The van der Waals surface area contributed by atoms with Gasteiger partial charge in [0.1, 0.15) is 0 Å². The summed E-state index contributed by atoms with van der Waals surface area (Å²) < 4.78 is 0. The molecule has 2 N–H and O–H groups in total. The zero-order valence-corrected chi connectivity index (χ0v) is 21.5. The van der Waals surface area contributed by atoms with Crippen LogP contribution in [0, 0.1) is 0 Å². The molecular weight excluding hydrogens is 503 g/mol. The van der Waals surface area contributed by atoms with Gasteiger partial charge in [-0.15, -0.1) is 24.0 Å². The van der Waals surface area contributed by atoms with Crippen molar-refractivity contribution in [2.45, 2.75) is 44.8 Å². The van der Waals surface area contributed by atoms with E-state index in [1.165, 1.54) is 5.56 Å². The van der Waals surface area contributed by atoms with E-state index in [0.717, 1.165) is 64.5 Å². The molecule has 1 aromatic rings. The summed E-state index contributed by atoms with van der Waals surface area (Å²) in [7, 11) is 4.04. The lowest BCUT2D eigenvalue weighted by Gasteiger charge is -2.36. The van der Waals surface area contributed by atoms with Gasteiger partial charge in [0.25, 0.3) is 0 Å². The van der Waals surface area contributed by atoms with Crippen LogP contribution in [0.3, 0.4) is 0 Å². The second-order valence-corrected chi connectivity index (χ2v) is 8.62. The molecule has 1 saturated heterocycles.